The van der Waals surface area contributed by atoms with Gasteiger partial charge in [-0.2, -0.15) is 0 Å². The summed E-state index contributed by atoms with van der Waals surface area (Å²) in [7, 11) is 0. The number of halogens is 2. The molecule has 0 spiro atoms. The highest BCUT2D eigenvalue weighted by atomic mass is 35.5. The van der Waals surface area contributed by atoms with Gasteiger partial charge in [-0.25, -0.2) is 0 Å². The van der Waals surface area contributed by atoms with E-state index in [1.165, 1.54) is 11.1 Å². The Labute approximate surface area is 128 Å². The summed E-state index contributed by atoms with van der Waals surface area (Å²) in [5, 5.41) is 1.25. The van der Waals surface area contributed by atoms with Gasteiger partial charge in [0.1, 0.15) is 12.4 Å². The molecular formula is C16H15Cl2NO. The number of benzene rings is 2. The van der Waals surface area contributed by atoms with Crippen molar-refractivity contribution in [2.75, 3.05) is 0 Å². The van der Waals surface area contributed by atoms with Crippen LogP contribution in [0.15, 0.2) is 36.4 Å². The van der Waals surface area contributed by atoms with E-state index in [9.17, 15) is 0 Å². The van der Waals surface area contributed by atoms with Crippen molar-refractivity contribution in [2.24, 2.45) is 5.73 Å². The molecule has 0 amide bonds. The third-order valence-corrected chi connectivity index (χ3v) is 4.39. The summed E-state index contributed by atoms with van der Waals surface area (Å²) in [5.74, 6) is 0.828. The normalized spacial score (nSPS) is 17.1. The molecule has 2 nitrogen and oxygen atoms in total. The Hall–Kier alpha value is -1.22. The molecule has 0 aliphatic heterocycles. The first kappa shape index (κ1) is 13.7. The van der Waals surface area contributed by atoms with E-state index in [0.29, 0.717) is 16.7 Å². The lowest BCUT2D eigenvalue weighted by atomic mass is 10.1. The van der Waals surface area contributed by atoms with Gasteiger partial charge >= 0.3 is 0 Å². The smallest absolute Gasteiger partial charge is 0.120 e. The summed E-state index contributed by atoms with van der Waals surface area (Å²) in [6.07, 6.45) is 2.02. The molecule has 2 aromatic carbocycles. The Morgan fingerprint density at radius 3 is 2.65 bits per heavy atom. The number of hydrogen-bond donors (Lipinski definition) is 1. The highest BCUT2D eigenvalue weighted by molar-refractivity contribution is 6.35. The standard InChI is InChI=1S/C16H15Cl2NO/c17-14-2-1-3-15(18)13(14)9-20-11-5-6-12-10(8-11)4-7-16(12)19/h1-3,5-6,8,16H,4,7,9,19H2/t16-/m1/s1. The van der Waals surface area contributed by atoms with E-state index in [2.05, 4.69) is 12.1 Å². The summed E-state index contributed by atoms with van der Waals surface area (Å²) in [6, 6.07) is 11.7. The fraction of sp³-hybridized carbons (Fsp3) is 0.250. The molecule has 1 aliphatic rings. The second kappa shape index (κ2) is 5.65. The van der Waals surface area contributed by atoms with Crippen LogP contribution in [-0.4, -0.2) is 0 Å². The summed E-state index contributed by atoms with van der Waals surface area (Å²) in [6.45, 7) is 0.364. The lowest BCUT2D eigenvalue weighted by Crippen LogP contribution is -2.05. The zero-order chi connectivity index (χ0) is 14.1. The van der Waals surface area contributed by atoms with Crippen LogP contribution in [0.3, 0.4) is 0 Å². The van der Waals surface area contributed by atoms with Crippen molar-refractivity contribution in [3.63, 3.8) is 0 Å². The number of ether oxygens (including phenoxy) is 1. The molecule has 3 rings (SSSR count). The van der Waals surface area contributed by atoms with Gasteiger partial charge in [-0.1, -0.05) is 35.3 Å². The third-order valence-electron chi connectivity index (χ3n) is 3.68. The summed E-state index contributed by atoms with van der Waals surface area (Å²) in [4.78, 5) is 0. The van der Waals surface area contributed by atoms with Crippen molar-refractivity contribution in [1.82, 2.24) is 0 Å². The predicted molar refractivity (Wildman–Crippen MR) is 82.5 cm³/mol. The molecule has 0 aromatic heterocycles. The number of aryl methyl sites for hydroxylation is 1. The average molecular weight is 308 g/mol. The van der Waals surface area contributed by atoms with Gasteiger partial charge in [-0.05, 0) is 48.2 Å². The number of rotatable bonds is 3. The van der Waals surface area contributed by atoms with E-state index in [-0.39, 0.29) is 6.04 Å². The minimum absolute atomic E-state index is 0.164. The van der Waals surface area contributed by atoms with Crippen molar-refractivity contribution in [3.8, 4) is 5.75 Å². The van der Waals surface area contributed by atoms with Crippen LogP contribution < -0.4 is 10.5 Å². The average Bonchev–Trinajstić information content (AvgIpc) is 2.79. The zero-order valence-electron chi connectivity index (χ0n) is 10.9. The molecule has 2 aromatic rings. The topological polar surface area (TPSA) is 35.2 Å². The Morgan fingerprint density at radius 2 is 1.90 bits per heavy atom. The first-order valence-electron chi connectivity index (χ1n) is 6.59. The number of nitrogens with two attached hydrogens (primary N) is 1. The molecule has 0 saturated carbocycles. The number of fused-ring (bicyclic) bond motifs is 1. The molecule has 20 heavy (non-hydrogen) atoms. The molecule has 0 heterocycles. The van der Waals surface area contributed by atoms with Crippen LogP contribution in [0.2, 0.25) is 10.0 Å². The van der Waals surface area contributed by atoms with Gasteiger partial charge in [0.2, 0.25) is 0 Å². The lowest BCUT2D eigenvalue weighted by molar-refractivity contribution is 0.306. The van der Waals surface area contributed by atoms with Crippen LogP contribution in [0, 0.1) is 0 Å². The summed E-state index contributed by atoms with van der Waals surface area (Å²) >= 11 is 12.3. The van der Waals surface area contributed by atoms with Gasteiger partial charge in [0.15, 0.2) is 0 Å². The molecule has 0 unspecified atom stereocenters. The Bertz CT molecular complexity index is 622. The van der Waals surface area contributed by atoms with Gasteiger partial charge in [0.05, 0.1) is 0 Å². The number of hydrogen-bond acceptors (Lipinski definition) is 2. The first-order chi connectivity index (χ1) is 9.65. The van der Waals surface area contributed by atoms with Crippen molar-refractivity contribution >= 4 is 23.2 Å². The van der Waals surface area contributed by atoms with Crippen molar-refractivity contribution in [3.05, 3.63) is 63.1 Å². The van der Waals surface area contributed by atoms with Crippen LogP contribution in [-0.2, 0) is 13.0 Å². The minimum atomic E-state index is 0.164. The molecule has 104 valence electrons. The molecule has 0 radical (unpaired) electrons. The Morgan fingerprint density at radius 1 is 1.15 bits per heavy atom. The van der Waals surface area contributed by atoms with Crippen LogP contribution in [0.5, 0.6) is 5.75 Å². The maximum absolute atomic E-state index is 6.13. The van der Waals surface area contributed by atoms with Gasteiger partial charge in [-0.3, -0.25) is 0 Å². The maximum Gasteiger partial charge on any atom is 0.120 e. The van der Waals surface area contributed by atoms with Crippen LogP contribution in [0.1, 0.15) is 29.2 Å². The largest absolute Gasteiger partial charge is 0.489 e. The highest BCUT2D eigenvalue weighted by Crippen LogP contribution is 2.32. The second-order valence-electron chi connectivity index (χ2n) is 4.99. The van der Waals surface area contributed by atoms with E-state index in [1.54, 1.807) is 0 Å². The van der Waals surface area contributed by atoms with Gasteiger partial charge < -0.3 is 10.5 Å². The molecular weight excluding hydrogens is 293 g/mol. The van der Waals surface area contributed by atoms with Crippen molar-refractivity contribution in [1.29, 1.82) is 0 Å². The van der Waals surface area contributed by atoms with Crippen LogP contribution in [0.4, 0.5) is 0 Å². The summed E-state index contributed by atoms with van der Waals surface area (Å²) < 4.78 is 5.80. The minimum Gasteiger partial charge on any atom is -0.489 e. The lowest BCUT2D eigenvalue weighted by Gasteiger charge is -2.11. The third kappa shape index (κ3) is 2.64. The Balaban J connectivity index is 1.76. The van der Waals surface area contributed by atoms with E-state index in [4.69, 9.17) is 33.7 Å². The Kier molecular flexibility index (Phi) is 3.88. The molecule has 0 fully saturated rings. The molecule has 1 aliphatic carbocycles. The fourth-order valence-corrected chi connectivity index (χ4v) is 3.05. The molecule has 0 saturated heterocycles. The monoisotopic (exact) mass is 307 g/mol. The van der Waals surface area contributed by atoms with Crippen LogP contribution in [0.25, 0.3) is 0 Å². The van der Waals surface area contributed by atoms with E-state index < -0.39 is 0 Å². The van der Waals surface area contributed by atoms with Gasteiger partial charge in [0.25, 0.3) is 0 Å². The maximum atomic E-state index is 6.13. The van der Waals surface area contributed by atoms with Crippen molar-refractivity contribution in [2.45, 2.75) is 25.5 Å². The van der Waals surface area contributed by atoms with Gasteiger partial charge in [0, 0.05) is 21.7 Å². The van der Waals surface area contributed by atoms with Crippen molar-refractivity contribution < 1.29 is 4.74 Å². The molecule has 1 atom stereocenters. The van der Waals surface area contributed by atoms with E-state index >= 15 is 0 Å². The second-order valence-corrected chi connectivity index (χ2v) is 5.81. The van der Waals surface area contributed by atoms with Gasteiger partial charge in [-0.15, -0.1) is 0 Å². The summed E-state index contributed by atoms with van der Waals surface area (Å²) in [5.41, 5.74) is 9.35. The SMILES string of the molecule is N[C@@H]1CCc2cc(OCc3c(Cl)cccc3Cl)ccc21. The highest BCUT2D eigenvalue weighted by Gasteiger charge is 2.19. The molecule has 2 N–H and O–H groups in total. The predicted octanol–water partition coefficient (Wildman–Crippen LogP) is 4.52. The van der Waals surface area contributed by atoms with Crippen LogP contribution >= 0.6 is 23.2 Å². The first-order valence-corrected chi connectivity index (χ1v) is 7.35. The van der Waals surface area contributed by atoms with E-state index in [0.717, 1.165) is 24.2 Å². The zero-order valence-corrected chi connectivity index (χ0v) is 12.4. The molecule has 4 heteroatoms. The quantitative estimate of drug-likeness (QED) is 0.905. The fourth-order valence-electron chi connectivity index (χ4n) is 2.54. The van der Waals surface area contributed by atoms with E-state index in [1.807, 2.05) is 24.3 Å². The molecule has 0 bridgehead atoms.